The summed E-state index contributed by atoms with van der Waals surface area (Å²) in [4.78, 5) is 16.3. The second kappa shape index (κ2) is 5.48. The molecule has 1 aromatic heterocycles. The molecular weight excluding hydrogens is 226 g/mol. The monoisotopic (exact) mass is 247 g/mol. The minimum absolute atomic E-state index is 0.0345. The van der Waals surface area contributed by atoms with Crippen molar-refractivity contribution in [3.63, 3.8) is 0 Å². The summed E-state index contributed by atoms with van der Waals surface area (Å²) in [5, 5.41) is 6.40. The Morgan fingerprint density at radius 1 is 1.39 bits per heavy atom. The lowest BCUT2D eigenvalue weighted by Gasteiger charge is -2.33. The van der Waals surface area contributed by atoms with Gasteiger partial charge in [-0.05, 0) is 50.6 Å². The zero-order valence-electron chi connectivity index (χ0n) is 11.1. The van der Waals surface area contributed by atoms with E-state index in [9.17, 15) is 4.79 Å². The Hall–Kier alpha value is -1.42. The fraction of sp³-hybridized carbons (Fsp3) is 0.571. The number of hydrogen-bond acceptors (Lipinski definition) is 3. The third-order valence-electron chi connectivity index (χ3n) is 3.81. The van der Waals surface area contributed by atoms with Crippen LogP contribution in [0.3, 0.4) is 0 Å². The third kappa shape index (κ3) is 2.88. The number of amides is 1. The number of carbonyl (C=O) groups excluding carboxylic acids is 1. The van der Waals surface area contributed by atoms with Gasteiger partial charge in [-0.15, -0.1) is 0 Å². The van der Waals surface area contributed by atoms with Gasteiger partial charge in [-0.2, -0.15) is 0 Å². The summed E-state index contributed by atoms with van der Waals surface area (Å²) in [5.74, 6) is 0.160. The third-order valence-corrected chi connectivity index (χ3v) is 3.81. The number of rotatable bonds is 3. The van der Waals surface area contributed by atoms with E-state index < -0.39 is 0 Å². The molecule has 1 saturated heterocycles. The van der Waals surface area contributed by atoms with Crippen LogP contribution < -0.4 is 10.6 Å². The number of aromatic nitrogens is 1. The number of nitrogens with zero attached hydrogens (tertiary/aromatic N) is 1. The van der Waals surface area contributed by atoms with Crippen LogP contribution in [0.2, 0.25) is 0 Å². The van der Waals surface area contributed by atoms with Crippen molar-refractivity contribution in [3.05, 3.63) is 30.1 Å². The fourth-order valence-corrected chi connectivity index (χ4v) is 2.31. The van der Waals surface area contributed by atoms with E-state index in [0.29, 0.717) is 0 Å². The van der Waals surface area contributed by atoms with Gasteiger partial charge in [0.1, 0.15) is 0 Å². The Morgan fingerprint density at radius 2 is 2.00 bits per heavy atom. The van der Waals surface area contributed by atoms with Gasteiger partial charge in [-0.3, -0.25) is 9.78 Å². The largest absolute Gasteiger partial charge is 0.349 e. The molecule has 0 bridgehead atoms. The molecule has 1 atom stereocenters. The highest BCUT2D eigenvalue weighted by atomic mass is 16.2. The molecule has 2 N–H and O–H groups in total. The van der Waals surface area contributed by atoms with Crippen LogP contribution in [0.4, 0.5) is 0 Å². The standard InChI is InChI=1S/C14H21N3O/c1-11(12-3-7-15-8-4-12)17-13(18)14(2)5-9-16-10-6-14/h3-4,7-8,11,16H,5-6,9-10H2,1-2H3,(H,17,18)/t11-/m0/s1. The van der Waals surface area contributed by atoms with Crippen LogP contribution in [0, 0.1) is 5.41 Å². The van der Waals surface area contributed by atoms with Gasteiger partial charge < -0.3 is 10.6 Å². The summed E-state index contributed by atoms with van der Waals surface area (Å²) < 4.78 is 0. The van der Waals surface area contributed by atoms with Gasteiger partial charge in [0, 0.05) is 17.8 Å². The number of carbonyl (C=O) groups is 1. The fourth-order valence-electron chi connectivity index (χ4n) is 2.31. The van der Waals surface area contributed by atoms with Crippen molar-refractivity contribution in [2.24, 2.45) is 5.41 Å². The van der Waals surface area contributed by atoms with E-state index in [2.05, 4.69) is 22.5 Å². The SMILES string of the molecule is C[C@H](NC(=O)C1(C)CCNCC1)c1ccncc1. The molecule has 4 nitrogen and oxygen atoms in total. The molecule has 0 unspecified atom stereocenters. The number of nitrogens with one attached hydrogen (secondary N) is 2. The summed E-state index contributed by atoms with van der Waals surface area (Å²) >= 11 is 0. The smallest absolute Gasteiger partial charge is 0.226 e. The van der Waals surface area contributed by atoms with Crippen LogP contribution in [-0.4, -0.2) is 24.0 Å². The van der Waals surface area contributed by atoms with Gasteiger partial charge in [-0.1, -0.05) is 6.92 Å². The van der Waals surface area contributed by atoms with E-state index in [-0.39, 0.29) is 17.4 Å². The molecule has 1 aliphatic rings. The zero-order chi connectivity index (χ0) is 13.0. The summed E-state index contributed by atoms with van der Waals surface area (Å²) in [7, 11) is 0. The molecule has 1 aromatic rings. The second-order valence-electron chi connectivity index (χ2n) is 5.29. The van der Waals surface area contributed by atoms with Crippen molar-refractivity contribution in [2.45, 2.75) is 32.7 Å². The minimum atomic E-state index is -0.230. The van der Waals surface area contributed by atoms with Crippen LogP contribution in [0.1, 0.15) is 38.3 Å². The molecule has 0 radical (unpaired) electrons. The molecule has 2 rings (SSSR count). The predicted octanol–water partition coefficient (Wildman–Crippen LogP) is 1.65. The maximum atomic E-state index is 12.3. The average Bonchev–Trinajstić information content (AvgIpc) is 2.40. The maximum absolute atomic E-state index is 12.3. The Bertz CT molecular complexity index is 399. The van der Waals surface area contributed by atoms with Gasteiger partial charge in [0.2, 0.25) is 5.91 Å². The molecule has 4 heteroatoms. The van der Waals surface area contributed by atoms with Gasteiger partial charge in [0.05, 0.1) is 6.04 Å². The highest BCUT2D eigenvalue weighted by Gasteiger charge is 2.35. The maximum Gasteiger partial charge on any atom is 0.226 e. The normalized spacial score (nSPS) is 20.1. The van der Waals surface area contributed by atoms with Gasteiger partial charge in [0.25, 0.3) is 0 Å². The summed E-state index contributed by atoms with van der Waals surface area (Å²) in [6, 6.07) is 3.91. The first kappa shape index (κ1) is 13.0. The van der Waals surface area contributed by atoms with Crippen molar-refractivity contribution in [1.29, 1.82) is 0 Å². The van der Waals surface area contributed by atoms with Crippen molar-refractivity contribution in [3.8, 4) is 0 Å². The van der Waals surface area contributed by atoms with Gasteiger partial charge >= 0.3 is 0 Å². The van der Waals surface area contributed by atoms with Gasteiger partial charge in [0.15, 0.2) is 0 Å². The molecule has 2 heterocycles. The average molecular weight is 247 g/mol. The second-order valence-corrected chi connectivity index (χ2v) is 5.29. The first-order valence-electron chi connectivity index (χ1n) is 6.53. The van der Waals surface area contributed by atoms with Crippen LogP contribution >= 0.6 is 0 Å². The molecule has 1 aliphatic heterocycles. The minimum Gasteiger partial charge on any atom is -0.349 e. The lowest BCUT2D eigenvalue weighted by atomic mass is 9.80. The van der Waals surface area contributed by atoms with Crippen molar-refractivity contribution >= 4 is 5.91 Å². The van der Waals surface area contributed by atoms with Crippen LogP contribution in [0.5, 0.6) is 0 Å². The Morgan fingerprint density at radius 3 is 2.61 bits per heavy atom. The zero-order valence-corrected chi connectivity index (χ0v) is 11.1. The summed E-state index contributed by atoms with van der Waals surface area (Å²) in [6.45, 7) is 5.92. The summed E-state index contributed by atoms with van der Waals surface area (Å²) in [6.07, 6.45) is 5.32. The van der Waals surface area contributed by atoms with E-state index in [0.717, 1.165) is 31.5 Å². The number of piperidine rings is 1. The molecular formula is C14H21N3O. The van der Waals surface area contributed by atoms with Crippen LogP contribution in [-0.2, 0) is 4.79 Å². The Balaban J connectivity index is 1.98. The first-order chi connectivity index (χ1) is 8.62. The van der Waals surface area contributed by atoms with Gasteiger partial charge in [-0.25, -0.2) is 0 Å². The van der Waals surface area contributed by atoms with Crippen LogP contribution in [0.25, 0.3) is 0 Å². The molecule has 0 aliphatic carbocycles. The number of pyridine rings is 1. The molecule has 1 amide bonds. The molecule has 1 fully saturated rings. The van der Waals surface area contributed by atoms with Crippen molar-refractivity contribution in [2.75, 3.05) is 13.1 Å². The first-order valence-corrected chi connectivity index (χ1v) is 6.53. The van der Waals surface area contributed by atoms with E-state index >= 15 is 0 Å². The van der Waals surface area contributed by atoms with Crippen molar-refractivity contribution in [1.82, 2.24) is 15.6 Å². The quantitative estimate of drug-likeness (QED) is 0.854. The Labute approximate surface area is 108 Å². The van der Waals surface area contributed by atoms with Crippen LogP contribution in [0.15, 0.2) is 24.5 Å². The molecule has 0 spiro atoms. The lowest BCUT2D eigenvalue weighted by Crippen LogP contribution is -2.46. The lowest BCUT2D eigenvalue weighted by molar-refractivity contribution is -0.132. The molecule has 0 saturated carbocycles. The summed E-state index contributed by atoms with van der Waals surface area (Å²) in [5.41, 5.74) is 0.864. The van der Waals surface area contributed by atoms with E-state index in [1.165, 1.54) is 0 Å². The molecule has 98 valence electrons. The van der Waals surface area contributed by atoms with E-state index in [1.54, 1.807) is 12.4 Å². The van der Waals surface area contributed by atoms with Crippen molar-refractivity contribution < 1.29 is 4.79 Å². The highest BCUT2D eigenvalue weighted by Crippen LogP contribution is 2.29. The van der Waals surface area contributed by atoms with E-state index in [4.69, 9.17) is 0 Å². The molecule has 0 aromatic carbocycles. The Kier molecular flexibility index (Phi) is 3.97. The topological polar surface area (TPSA) is 54.0 Å². The number of hydrogen-bond donors (Lipinski definition) is 2. The van der Waals surface area contributed by atoms with E-state index in [1.807, 2.05) is 19.1 Å². The molecule has 18 heavy (non-hydrogen) atoms. The predicted molar refractivity (Wildman–Crippen MR) is 71.0 cm³/mol. The highest BCUT2D eigenvalue weighted by molar-refractivity contribution is 5.82.